The lowest BCUT2D eigenvalue weighted by Crippen LogP contribution is -1.87. The van der Waals surface area contributed by atoms with Gasteiger partial charge in [0, 0.05) is 0 Å². The van der Waals surface area contributed by atoms with E-state index in [0.29, 0.717) is 0 Å². The Kier molecular flexibility index (Phi) is 3.81. The van der Waals surface area contributed by atoms with Gasteiger partial charge in [-0.1, -0.05) is 18.8 Å². The topological polar surface area (TPSA) is 0 Å². The van der Waals surface area contributed by atoms with Crippen molar-refractivity contribution in [2.24, 2.45) is 5.92 Å². The van der Waals surface area contributed by atoms with Gasteiger partial charge in [-0.15, -0.1) is 12.3 Å². The van der Waals surface area contributed by atoms with Crippen LogP contribution >= 0.6 is 0 Å². The maximum atomic E-state index is 5.12. The van der Waals surface area contributed by atoms with Crippen LogP contribution in [0.1, 0.15) is 20.3 Å². The fourth-order valence-corrected chi connectivity index (χ4v) is 0.436. The summed E-state index contributed by atoms with van der Waals surface area (Å²) in [5.74, 6) is 8.42. The van der Waals surface area contributed by atoms with Crippen molar-refractivity contribution in [3.05, 3.63) is 0 Å². The fourth-order valence-electron chi connectivity index (χ4n) is 0.436. The van der Waals surface area contributed by atoms with Crippen molar-refractivity contribution in [3.63, 3.8) is 0 Å². The molecule has 0 aliphatic carbocycles. The minimum Gasteiger partial charge on any atom is -0.119 e. The van der Waals surface area contributed by atoms with Crippen LogP contribution in [0.3, 0.4) is 0 Å². The number of terminal acetylenes is 1. The molecule has 0 saturated heterocycles. The second-order valence-corrected chi connectivity index (χ2v) is 1.52. The maximum Gasteiger partial charge on any atom is 0.0806 e. The third-order valence-electron chi connectivity index (χ3n) is 0.928. The summed E-state index contributed by atoms with van der Waals surface area (Å²) in [6, 6.07) is 0. The van der Waals surface area contributed by atoms with Crippen molar-refractivity contribution in [1.29, 1.82) is 0 Å². The SMILES string of the molecule is C#CC(C#CC)CC. The van der Waals surface area contributed by atoms with E-state index in [1.807, 2.05) is 6.92 Å². The van der Waals surface area contributed by atoms with Crippen molar-refractivity contribution in [1.82, 2.24) is 0 Å². The Balaban J connectivity index is 3.70. The highest BCUT2D eigenvalue weighted by atomic mass is 13.9. The van der Waals surface area contributed by atoms with Crippen LogP contribution in [0.4, 0.5) is 0 Å². The normalized spacial score (nSPS) is 10.6. The monoisotopic (exact) mass is 106 g/mol. The molecule has 0 amide bonds. The summed E-state index contributed by atoms with van der Waals surface area (Å²) < 4.78 is 0. The smallest absolute Gasteiger partial charge is 0.0806 e. The summed E-state index contributed by atoms with van der Waals surface area (Å²) >= 11 is 0. The van der Waals surface area contributed by atoms with Gasteiger partial charge in [-0.25, -0.2) is 0 Å². The van der Waals surface area contributed by atoms with Crippen LogP contribution in [0.2, 0.25) is 0 Å². The van der Waals surface area contributed by atoms with Gasteiger partial charge in [-0.05, 0) is 13.3 Å². The summed E-state index contributed by atoms with van der Waals surface area (Å²) in [4.78, 5) is 0. The summed E-state index contributed by atoms with van der Waals surface area (Å²) in [5, 5.41) is 0. The zero-order valence-corrected chi connectivity index (χ0v) is 5.36. The Morgan fingerprint density at radius 2 is 2.25 bits per heavy atom. The van der Waals surface area contributed by atoms with E-state index < -0.39 is 0 Å². The fraction of sp³-hybridized carbons (Fsp3) is 0.500. The average Bonchev–Trinajstić information content (AvgIpc) is 1.83. The first-order valence-corrected chi connectivity index (χ1v) is 2.73. The lowest BCUT2D eigenvalue weighted by molar-refractivity contribution is 0.827. The van der Waals surface area contributed by atoms with E-state index in [1.54, 1.807) is 6.92 Å². The molecule has 0 saturated carbocycles. The van der Waals surface area contributed by atoms with Crippen molar-refractivity contribution in [3.8, 4) is 24.2 Å². The maximum absolute atomic E-state index is 5.12. The van der Waals surface area contributed by atoms with Gasteiger partial charge in [0.2, 0.25) is 0 Å². The highest BCUT2D eigenvalue weighted by Gasteiger charge is 1.90. The largest absolute Gasteiger partial charge is 0.119 e. The van der Waals surface area contributed by atoms with Crippen LogP contribution in [-0.2, 0) is 0 Å². The summed E-state index contributed by atoms with van der Waals surface area (Å²) in [6.07, 6.45) is 6.07. The number of hydrogen-bond donors (Lipinski definition) is 0. The minimum atomic E-state index is 0.167. The molecule has 0 rings (SSSR count). The van der Waals surface area contributed by atoms with Gasteiger partial charge in [0.15, 0.2) is 0 Å². The van der Waals surface area contributed by atoms with Gasteiger partial charge in [-0.2, -0.15) is 0 Å². The predicted octanol–water partition coefficient (Wildman–Crippen LogP) is 1.67. The standard InChI is InChI=1S/C8H10/c1-4-7-8(5-2)6-3/h2,8H,6H2,1,3H3. The summed E-state index contributed by atoms with van der Waals surface area (Å²) in [6.45, 7) is 3.84. The van der Waals surface area contributed by atoms with Crippen LogP contribution in [0, 0.1) is 30.1 Å². The molecule has 0 heterocycles. The molecule has 42 valence electrons. The Labute approximate surface area is 51.3 Å². The van der Waals surface area contributed by atoms with Crippen LogP contribution in [-0.4, -0.2) is 0 Å². The van der Waals surface area contributed by atoms with E-state index in [9.17, 15) is 0 Å². The van der Waals surface area contributed by atoms with Crippen molar-refractivity contribution < 1.29 is 0 Å². The van der Waals surface area contributed by atoms with Gasteiger partial charge in [0.1, 0.15) is 0 Å². The first kappa shape index (κ1) is 7.12. The van der Waals surface area contributed by atoms with Crippen molar-refractivity contribution in [2.75, 3.05) is 0 Å². The second kappa shape index (κ2) is 4.28. The van der Waals surface area contributed by atoms with Crippen LogP contribution in [0.15, 0.2) is 0 Å². The Hall–Kier alpha value is -0.880. The van der Waals surface area contributed by atoms with E-state index in [1.165, 1.54) is 0 Å². The van der Waals surface area contributed by atoms with Crippen LogP contribution in [0.25, 0.3) is 0 Å². The van der Waals surface area contributed by atoms with Gasteiger partial charge in [-0.3, -0.25) is 0 Å². The minimum absolute atomic E-state index is 0.167. The molecule has 0 N–H and O–H groups in total. The molecule has 0 heteroatoms. The Morgan fingerprint density at radius 3 is 2.38 bits per heavy atom. The van der Waals surface area contributed by atoms with E-state index in [2.05, 4.69) is 17.8 Å². The quantitative estimate of drug-likeness (QED) is 0.446. The molecule has 0 aromatic rings. The molecule has 0 fully saturated rings. The molecule has 0 aromatic heterocycles. The molecule has 0 aromatic carbocycles. The van der Waals surface area contributed by atoms with Gasteiger partial charge >= 0.3 is 0 Å². The summed E-state index contributed by atoms with van der Waals surface area (Å²) in [7, 11) is 0. The van der Waals surface area contributed by atoms with E-state index in [0.717, 1.165) is 6.42 Å². The van der Waals surface area contributed by atoms with Gasteiger partial charge in [0.05, 0.1) is 5.92 Å². The zero-order valence-electron chi connectivity index (χ0n) is 5.36. The van der Waals surface area contributed by atoms with E-state index in [4.69, 9.17) is 6.42 Å². The van der Waals surface area contributed by atoms with Crippen molar-refractivity contribution >= 4 is 0 Å². The molecule has 1 unspecified atom stereocenters. The van der Waals surface area contributed by atoms with Crippen LogP contribution < -0.4 is 0 Å². The van der Waals surface area contributed by atoms with E-state index >= 15 is 0 Å². The molecular formula is C8H10. The summed E-state index contributed by atoms with van der Waals surface area (Å²) in [5.41, 5.74) is 0. The predicted molar refractivity (Wildman–Crippen MR) is 36.1 cm³/mol. The lowest BCUT2D eigenvalue weighted by atomic mass is 10.1. The van der Waals surface area contributed by atoms with Crippen LogP contribution in [0.5, 0.6) is 0 Å². The Morgan fingerprint density at radius 1 is 1.62 bits per heavy atom. The van der Waals surface area contributed by atoms with Gasteiger partial charge < -0.3 is 0 Å². The average molecular weight is 106 g/mol. The molecule has 0 radical (unpaired) electrons. The molecule has 0 nitrogen and oxygen atoms in total. The molecule has 0 spiro atoms. The molecule has 0 aliphatic rings. The molecule has 8 heavy (non-hydrogen) atoms. The third-order valence-corrected chi connectivity index (χ3v) is 0.928. The Bertz CT molecular complexity index is 138. The van der Waals surface area contributed by atoms with E-state index in [-0.39, 0.29) is 5.92 Å². The second-order valence-electron chi connectivity index (χ2n) is 1.52. The lowest BCUT2D eigenvalue weighted by Gasteiger charge is -1.91. The molecular weight excluding hydrogens is 96.1 g/mol. The zero-order chi connectivity index (χ0) is 6.41. The number of hydrogen-bond acceptors (Lipinski definition) is 0. The molecule has 1 atom stereocenters. The first-order chi connectivity index (χ1) is 3.85. The highest BCUT2D eigenvalue weighted by Crippen LogP contribution is 1.95. The van der Waals surface area contributed by atoms with Gasteiger partial charge in [0.25, 0.3) is 0 Å². The number of rotatable bonds is 1. The molecule has 0 aliphatic heterocycles. The third kappa shape index (κ3) is 2.32. The van der Waals surface area contributed by atoms with Crippen molar-refractivity contribution in [2.45, 2.75) is 20.3 Å². The first-order valence-electron chi connectivity index (χ1n) is 2.73. The highest BCUT2D eigenvalue weighted by molar-refractivity contribution is 5.12. The molecule has 0 bridgehead atoms.